The molecule has 0 aliphatic carbocycles. The molecule has 9 heteroatoms. The first kappa shape index (κ1) is 20.7. The van der Waals surface area contributed by atoms with Gasteiger partial charge in [-0.2, -0.15) is 0 Å². The summed E-state index contributed by atoms with van der Waals surface area (Å²) in [6.45, 7) is 5.73. The molecule has 152 valence electrons. The van der Waals surface area contributed by atoms with E-state index in [1.165, 1.54) is 28.0 Å². The van der Waals surface area contributed by atoms with Gasteiger partial charge in [-0.25, -0.2) is 9.79 Å². The van der Waals surface area contributed by atoms with Gasteiger partial charge in [0.1, 0.15) is 0 Å². The van der Waals surface area contributed by atoms with Crippen LogP contribution >= 0.6 is 11.3 Å². The predicted molar refractivity (Wildman–Crippen MR) is 110 cm³/mol. The number of allylic oxidation sites excluding steroid dienone is 1. The van der Waals surface area contributed by atoms with Crippen molar-refractivity contribution in [2.45, 2.75) is 39.7 Å². The first-order valence-electron chi connectivity index (χ1n) is 9.31. The van der Waals surface area contributed by atoms with E-state index in [0.717, 1.165) is 6.42 Å². The molecule has 1 aliphatic rings. The molecular weight excluding hydrogens is 394 g/mol. The number of carbonyl (C=O) groups is 1. The van der Waals surface area contributed by atoms with Crippen molar-refractivity contribution in [2.24, 2.45) is 4.99 Å². The standard InChI is InChI=1S/C20H21N3O5S/c1-4-6-15-17(19(25)28-5-2)12(3)22-18(24)16(29-20(22)21-15)11-13-7-9-14(10-8-13)23(26)27/h7-11,15H,4-6H2,1-3H3. The van der Waals surface area contributed by atoms with Crippen LogP contribution in [0.5, 0.6) is 0 Å². The largest absolute Gasteiger partial charge is 0.463 e. The minimum atomic E-state index is -0.472. The van der Waals surface area contributed by atoms with Crippen LogP contribution in [0.3, 0.4) is 0 Å². The number of hydrogen-bond donors (Lipinski definition) is 0. The van der Waals surface area contributed by atoms with Gasteiger partial charge in [0.05, 0.1) is 27.7 Å². The molecule has 0 fully saturated rings. The lowest BCUT2D eigenvalue weighted by atomic mass is 10.00. The number of carbonyl (C=O) groups excluding carboxylic acids is 1. The number of rotatable bonds is 6. The second-order valence-electron chi connectivity index (χ2n) is 6.54. The summed E-state index contributed by atoms with van der Waals surface area (Å²) in [5.74, 6) is -0.447. The summed E-state index contributed by atoms with van der Waals surface area (Å²) < 4.78 is 7.07. The van der Waals surface area contributed by atoms with Crippen LogP contribution < -0.4 is 14.9 Å². The Morgan fingerprint density at radius 1 is 1.34 bits per heavy atom. The van der Waals surface area contributed by atoms with Crippen molar-refractivity contribution in [1.82, 2.24) is 4.57 Å². The van der Waals surface area contributed by atoms with Crippen LogP contribution in [0.2, 0.25) is 0 Å². The van der Waals surface area contributed by atoms with E-state index in [1.807, 2.05) is 6.92 Å². The van der Waals surface area contributed by atoms with E-state index in [2.05, 4.69) is 4.99 Å². The quantitative estimate of drug-likeness (QED) is 0.409. The zero-order valence-corrected chi connectivity index (χ0v) is 17.2. The second-order valence-corrected chi connectivity index (χ2v) is 7.54. The third-order valence-corrected chi connectivity index (χ3v) is 5.57. The predicted octanol–water partition coefficient (Wildman–Crippen LogP) is 2.24. The van der Waals surface area contributed by atoms with Crippen LogP contribution in [-0.4, -0.2) is 28.1 Å². The van der Waals surface area contributed by atoms with Gasteiger partial charge in [0, 0.05) is 17.8 Å². The molecule has 0 amide bonds. The number of hydrogen-bond acceptors (Lipinski definition) is 7. The van der Waals surface area contributed by atoms with Crippen molar-refractivity contribution in [2.75, 3.05) is 6.61 Å². The Kier molecular flexibility index (Phi) is 6.07. The van der Waals surface area contributed by atoms with E-state index in [4.69, 9.17) is 4.74 Å². The number of nitro groups is 1. The number of benzene rings is 1. The van der Waals surface area contributed by atoms with Crippen molar-refractivity contribution in [3.63, 3.8) is 0 Å². The Bertz CT molecular complexity index is 1160. The Morgan fingerprint density at radius 3 is 2.62 bits per heavy atom. The molecule has 0 saturated carbocycles. The van der Waals surface area contributed by atoms with E-state index in [0.29, 0.717) is 32.6 Å². The Hall–Kier alpha value is -3.07. The maximum Gasteiger partial charge on any atom is 0.337 e. The van der Waals surface area contributed by atoms with Gasteiger partial charge in [0.2, 0.25) is 0 Å². The van der Waals surface area contributed by atoms with Gasteiger partial charge in [-0.05, 0) is 44.0 Å². The third-order valence-electron chi connectivity index (χ3n) is 4.59. The molecule has 0 N–H and O–H groups in total. The first-order chi connectivity index (χ1) is 13.9. The van der Waals surface area contributed by atoms with Crippen LogP contribution in [0, 0.1) is 10.1 Å². The maximum atomic E-state index is 13.0. The zero-order chi connectivity index (χ0) is 21.1. The molecule has 1 aliphatic heterocycles. The van der Waals surface area contributed by atoms with Crippen LogP contribution in [0.4, 0.5) is 5.69 Å². The first-order valence-corrected chi connectivity index (χ1v) is 10.1. The lowest BCUT2D eigenvalue weighted by Crippen LogP contribution is -2.37. The summed E-state index contributed by atoms with van der Waals surface area (Å²) in [4.78, 5) is 41.0. The molecule has 29 heavy (non-hydrogen) atoms. The summed E-state index contributed by atoms with van der Waals surface area (Å²) in [5, 5.41) is 10.8. The number of fused-ring (bicyclic) bond motifs is 1. The van der Waals surface area contributed by atoms with E-state index < -0.39 is 10.9 Å². The molecule has 0 radical (unpaired) electrons. The monoisotopic (exact) mass is 415 g/mol. The Morgan fingerprint density at radius 2 is 2.03 bits per heavy atom. The Labute approximate surface area is 170 Å². The van der Waals surface area contributed by atoms with Gasteiger partial charge in [-0.3, -0.25) is 19.5 Å². The molecule has 0 spiro atoms. The minimum absolute atomic E-state index is 0.0143. The fourth-order valence-electron chi connectivity index (χ4n) is 3.23. The molecule has 0 bridgehead atoms. The van der Waals surface area contributed by atoms with Gasteiger partial charge in [0.25, 0.3) is 11.2 Å². The lowest BCUT2D eigenvalue weighted by Gasteiger charge is -2.21. The Balaban J connectivity index is 2.14. The maximum absolute atomic E-state index is 13.0. The van der Waals surface area contributed by atoms with Gasteiger partial charge >= 0.3 is 5.97 Å². The molecule has 8 nitrogen and oxygen atoms in total. The topological polar surface area (TPSA) is 104 Å². The fraction of sp³-hybridized carbons (Fsp3) is 0.350. The smallest absolute Gasteiger partial charge is 0.337 e. The molecule has 3 rings (SSSR count). The summed E-state index contributed by atoms with van der Waals surface area (Å²) in [7, 11) is 0. The van der Waals surface area contributed by atoms with Gasteiger partial charge in [-0.15, -0.1) is 0 Å². The van der Waals surface area contributed by atoms with E-state index >= 15 is 0 Å². The van der Waals surface area contributed by atoms with Gasteiger partial charge in [-0.1, -0.05) is 24.7 Å². The van der Waals surface area contributed by atoms with Gasteiger partial charge in [0.15, 0.2) is 4.80 Å². The van der Waals surface area contributed by atoms with Crippen molar-refractivity contribution >= 4 is 34.8 Å². The van der Waals surface area contributed by atoms with Crippen LogP contribution in [-0.2, 0) is 9.53 Å². The van der Waals surface area contributed by atoms with Gasteiger partial charge < -0.3 is 4.74 Å². The average molecular weight is 415 g/mol. The highest BCUT2D eigenvalue weighted by Crippen LogP contribution is 2.23. The van der Waals surface area contributed by atoms with Crippen molar-refractivity contribution in [3.05, 3.63) is 65.2 Å². The normalized spacial score (nSPS) is 16.4. The number of thiazole rings is 1. The number of non-ortho nitro benzene ring substituents is 1. The molecule has 0 saturated heterocycles. The molecule has 1 aromatic carbocycles. The van der Waals surface area contributed by atoms with Crippen molar-refractivity contribution < 1.29 is 14.5 Å². The number of aromatic nitrogens is 1. The molecular formula is C20H21N3O5S. The summed E-state index contributed by atoms with van der Waals surface area (Å²) in [6.07, 6.45) is 3.18. The van der Waals surface area contributed by atoms with Crippen molar-refractivity contribution in [3.8, 4) is 0 Å². The number of ether oxygens (including phenoxy) is 1. The third kappa shape index (κ3) is 4.04. The summed E-state index contributed by atoms with van der Waals surface area (Å²) in [6, 6.07) is 5.62. The highest BCUT2D eigenvalue weighted by Gasteiger charge is 2.29. The van der Waals surface area contributed by atoms with E-state index in [9.17, 15) is 19.7 Å². The van der Waals surface area contributed by atoms with Crippen molar-refractivity contribution in [1.29, 1.82) is 0 Å². The molecule has 1 atom stereocenters. The highest BCUT2D eigenvalue weighted by atomic mass is 32.1. The van der Waals surface area contributed by atoms with E-state index in [1.54, 1.807) is 32.1 Å². The fourth-order valence-corrected chi connectivity index (χ4v) is 4.30. The lowest BCUT2D eigenvalue weighted by molar-refractivity contribution is -0.384. The molecule has 2 aromatic rings. The number of esters is 1. The summed E-state index contributed by atoms with van der Waals surface area (Å²) >= 11 is 1.24. The van der Waals surface area contributed by atoms with Crippen LogP contribution in [0.1, 0.15) is 39.2 Å². The molecule has 2 heterocycles. The minimum Gasteiger partial charge on any atom is -0.463 e. The molecule has 1 aromatic heterocycles. The number of nitro benzene ring substituents is 1. The second kappa shape index (κ2) is 8.52. The zero-order valence-electron chi connectivity index (χ0n) is 16.4. The SMILES string of the molecule is CCCC1N=c2sc(=Cc3ccc([N+](=O)[O-])cc3)c(=O)n2C(C)=C1C(=O)OCC. The average Bonchev–Trinajstić information content (AvgIpc) is 2.98. The van der Waals surface area contributed by atoms with Crippen LogP contribution in [0.25, 0.3) is 11.8 Å². The van der Waals surface area contributed by atoms with Crippen LogP contribution in [0.15, 0.2) is 39.6 Å². The van der Waals surface area contributed by atoms with E-state index in [-0.39, 0.29) is 23.9 Å². The summed E-state index contributed by atoms with van der Waals surface area (Å²) in [5.41, 5.74) is 1.34. The molecule has 1 unspecified atom stereocenters. The number of nitrogens with zero attached hydrogens (tertiary/aromatic N) is 3. The highest BCUT2D eigenvalue weighted by molar-refractivity contribution is 7.07.